The average Bonchev–Trinajstić information content (AvgIpc) is 2.36. The first kappa shape index (κ1) is 15.9. The van der Waals surface area contributed by atoms with Gasteiger partial charge >= 0.3 is 0 Å². The predicted octanol–water partition coefficient (Wildman–Crippen LogP) is 3.70. The normalized spacial score (nSPS) is 10.8. The Morgan fingerprint density at radius 3 is 2.26 bits per heavy atom. The van der Waals surface area contributed by atoms with Gasteiger partial charge in [0, 0.05) is 20.1 Å². The zero-order valence-corrected chi connectivity index (χ0v) is 12.1. The molecule has 0 bridgehead atoms. The van der Waals surface area contributed by atoms with Gasteiger partial charge in [-0.15, -0.1) is 0 Å². The molecular weight excluding hydrogens is 246 g/mol. The van der Waals surface area contributed by atoms with Crippen LogP contribution in [0.1, 0.15) is 38.7 Å². The molecule has 0 aromatic heterocycles. The third-order valence-corrected chi connectivity index (χ3v) is 3.06. The van der Waals surface area contributed by atoms with Crippen molar-refractivity contribution in [1.82, 2.24) is 5.32 Å². The maximum atomic E-state index is 14.0. The van der Waals surface area contributed by atoms with Crippen molar-refractivity contribution in [2.45, 2.75) is 39.7 Å². The van der Waals surface area contributed by atoms with Crippen LogP contribution < -0.4 is 10.2 Å². The summed E-state index contributed by atoms with van der Waals surface area (Å²) in [7, 11) is 1.73. The van der Waals surface area contributed by atoms with E-state index in [9.17, 15) is 8.78 Å². The summed E-state index contributed by atoms with van der Waals surface area (Å²) in [5.74, 6) is -0.959. The van der Waals surface area contributed by atoms with Crippen molar-refractivity contribution in [3.05, 3.63) is 29.3 Å². The van der Waals surface area contributed by atoms with E-state index in [1.54, 1.807) is 11.9 Å². The van der Waals surface area contributed by atoms with Crippen LogP contribution in [0.5, 0.6) is 0 Å². The Balaban J connectivity index is 2.78. The Bertz CT molecular complexity index is 371. The fourth-order valence-corrected chi connectivity index (χ4v) is 2.00. The fraction of sp³-hybridized carbons (Fsp3) is 0.600. The van der Waals surface area contributed by atoms with Gasteiger partial charge in [0.25, 0.3) is 0 Å². The Morgan fingerprint density at radius 2 is 1.74 bits per heavy atom. The zero-order valence-electron chi connectivity index (χ0n) is 12.1. The Labute approximate surface area is 114 Å². The van der Waals surface area contributed by atoms with Crippen LogP contribution in [0.4, 0.5) is 14.5 Å². The molecule has 1 aromatic rings. The summed E-state index contributed by atoms with van der Waals surface area (Å²) < 4.78 is 28.0. The highest BCUT2D eigenvalue weighted by Gasteiger charge is 2.14. The van der Waals surface area contributed by atoms with Gasteiger partial charge in [0.15, 0.2) is 0 Å². The first-order valence-corrected chi connectivity index (χ1v) is 6.99. The van der Waals surface area contributed by atoms with E-state index in [0.29, 0.717) is 18.7 Å². The number of rotatable bonds is 8. The number of hydrogen-bond donors (Lipinski definition) is 1. The minimum atomic E-state index is -0.480. The Hall–Kier alpha value is -1.16. The zero-order chi connectivity index (χ0) is 14.3. The van der Waals surface area contributed by atoms with Crippen molar-refractivity contribution >= 4 is 5.69 Å². The van der Waals surface area contributed by atoms with E-state index in [1.807, 2.05) is 0 Å². The number of nitrogens with zero attached hydrogens (tertiary/aromatic N) is 1. The van der Waals surface area contributed by atoms with E-state index in [4.69, 9.17) is 0 Å². The van der Waals surface area contributed by atoms with Crippen molar-refractivity contribution in [2.24, 2.45) is 0 Å². The maximum Gasteiger partial charge on any atom is 0.149 e. The second-order valence-corrected chi connectivity index (χ2v) is 4.86. The first-order valence-electron chi connectivity index (χ1n) is 6.99. The number of halogens is 2. The van der Waals surface area contributed by atoms with Crippen LogP contribution in [0.3, 0.4) is 0 Å². The molecule has 0 spiro atoms. The van der Waals surface area contributed by atoms with E-state index in [1.165, 1.54) is 12.1 Å². The Morgan fingerprint density at radius 1 is 1.11 bits per heavy atom. The third-order valence-electron chi connectivity index (χ3n) is 3.06. The van der Waals surface area contributed by atoms with Gasteiger partial charge in [-0.2, -0.15) is 0 Å². The number of benzene rings is 1. The molecule has 1 aromatic carbocycles. The second kappa shape index (κ2) is 8.10. The Kier molecular flexibility index (Phi) is 6.78. The van der Waals surface area contributed by atoms with Gasteiger partial charge in [0.2, 0.25) is 0 Å². The predicted molar refractivity (Wildman–Crippen MR) is 76.5 cm³/mol. The van der Waals surface area contributed by atoms with Crippen molar-refractivity contribution in [3.63, 3.8) is 0 Å². The molecule has 0 radical (unpaired) electrons. The average molecular weight is 270 g/mol. The minimum absolute atomic E-state index is 0.0766. The van der Waals surface area contributed by atoms with Crippen molar-refractivity contribution in [2.75, 3.05) is 25.0 Å². The van der Waals surface area contributed by atoms with Crippen LogP contribution >= 0.6 is 0 Å². The van der Waals surface area contributed by atoms with Gasteiger partial charge in [-0.1, -0.05) is 20.3 Å². The molecule has 0 atom stereocenters. The lowest BCUT2D eigenvalue weighted by atomic mass is 10.1. The molecule has 0 fully saturated rings. The van der Waals surface area contributed by atoms with E-state index < -0.39 is 11.6 Å². The van der Waals surface area contributed by atoms with Crippen LogP contribution in [0.2, 0.25) is 0 Å². The van der Waals surface area contributed by atoms with E-state index in [0.717, 1.165) is 25.8 Å². The van der Waals surface area contributed by atoms with Crippen LogP contribution in [0, 0.1) is 11.6 Å². The molecule has 2 nitrogen and oxygen atoms in total. The molecule has 0 saturated carbocycles. The van der Waals surface area contributed by atoms with Gasteiger partial charge in [0.1, 0.15) is 17.3 Å². The molecule has 1 N–H and O–H groups in total. The maximum absolute atomic E-state index is 14.0. The molecule has 108 valence electrons. The van der Waals surface area contributed by atoms with Crippen molar-refractivity contribution in [3.8, 4) is 0 Å². The summed E-state index contributed by atoms with van der Waals surface area (Å²) in [5.41, 5.74) is 0.726. The molecule has 0 unspecified atom stereocenters. The molecule has 0 aliphatic heterocycles. The van der Waals surface area contributed by atoms with Gasteiger partial charge in [-0.05, 0) is 37.1 Å². The second-order valence-electron chi connectivity index (χ2n) is 4.86. The lowest BCUT2D eigenvalue weighted by molar-refractivity contribution is 0.567. The summed E-state index contributed by atoms with van der Waals surface area (Å²) in [6.45, 7) is 6.13. The molecule has 0 aliphatic carbocycles. The molecule has 0 amide bonds. The van der Waals surface area contributed by atoms with Crippen LogP contribution in [-0.4, -0.2) is 20.1 Å². The first-order chi connectivity index (χ1) is 9.10. The number of hydrogen-bond acceptors (Lipinski definition) is 2. The standard InChI is InChI=1S/C15H24F2N2/c1-4-6-8-19(3)15-13(16)9-12(10-14(15)17)11-18-7-5-2/h9-10,18H,4-8,11H2,1-3H3. The van der Waals surface area contributed by atoms with Crippen LogP contribution in [0.25, 0.3) is 0 Å². The lowest BCUT2D eigenvalue weighted by Crippen LogP contribution is -2.21. The molecule has 0 heterocycles. The fourth-order valence-electron chi connectivity index (χ4n) is 2.00. The summed E-state index contributed by atoms with van der Waals surface area (Å²) in [6.07, 6.45) is 2.94. The topological polar surface area (TPSA) is 15.3 Å². The van der Waals surface area contributed by atoms with Gasteiger partial charge in [0.05, 0.1) is 0 Å². The summed E-state index contributed by atoms with van der Waals surface area (Å²) in [5, 5.41) is 3.14. The van der Waals surface area contributed by atoms with Gasteiger partial charge in [-0.25, -0.2) is 8.78 Å². The highest BCUT2D eigenvalue weighted by atomic mass is 19.1. The number of unbranched alkanes of at least 4 members (excludes halogenated alkanes) is 1. The molecular formula is C15H24F2N2. The van der Waals surface area contributed by atoms with Crippen LogP contribution in [0.15, 0.2) is 12.1 Å². The molecule has 1 rings (SSSR count). The minimum Gasteiger partial charge on any atom is -0.370 e. The number of anilines is 1. The molecule has 4 heteroatoms. The lowest BCUT2D eigenvalue weighted by Gasteiger charge is -2.21. The van der Waals surface area contributed by atoms with E-state index >= 15 is 0 Å². The SMILES string of the molecule is CCCCN(C)c1c(F)cc(CNCCC)cc1F. The third kappa shape index (κ3) is 4.78. The summed E-state index contributed by atoms with van der Waals surface area (Å²) in [6, 6.07) is 2.84. The monoisotopic (exact) mass is 270 g/mol. The van der Waals surface area contributed by atoms with Crippen LogP contribution in [-0.2, 0) is 6.54 Å². The molecule has 0 saturated heterocycles. The molecule has 19 heavy (non-hydrogen) atoms. The van der Waals surface area contributed by atoms with Crippen molar-refractivity contribution < 1.29 is 8.78 Å². The largest absolute Gasteiger partial charge is 0.370 e. The summed E-state index contributed by atoms with van der Waals surface area (Å²) in [4.78, 5) is 1.65. The smallest absolute Gasteiger partial charge is 0.149 e. The number of nitrogens with one attached hydrogen (secondary N) is 1. The summed E-state index contributed by atoms with van der Waals surface area (Å²) >= 11 is 0. The van der Waals surface area contributed by atoms with Crippen molar-refractivity contribution in [1.29, 1.82) is 0 Å². The highest BCUT2D eigenvalue weighted by Crippen LogP contribution is 2.24. The van der Waals surface area contributed by atoms with Gasteiger partial charge < -0.3 is 10.2 Å². The van der Waals surface area contributed by atoms with E-state index in [-0.39, 0.29) is 5.69 Å². The molecule has 0 aliphatic rings. The highest BCUT2D eigenvalue weighted by molar-refractivity contribution is 5.50. The quantitative estimate of drug-likeness (QED) is 0.725. The van der Waals surface area contributed by atoms with Gasteiger partial charge in [-0.3, -0.25) is 0 Å². The van der Waals surface area contributed by atoms with E-state index in [2.05, 4.69) is 19.2 Å².